The summed E-state index contributed by atoms with van der Waals surface area (Å²) in [6, 6.07) is 6.98. The van der Waals surface area contributed by atoms with Crippen LogP contribution in [0.4, 0.5) is 14.5 Å². The number of hydrogen-bond donors (Lipinski definition) is 0. The fourth-order valence-electron chi connectivity index (χ4n) is 2.11. The molecule has 0 radical (unpaired) electrons. The Morgan fingerprint density at radius 1 is 1.14 bits per heavy atom. The van der Waals surface area contributed by atoms with Crippen LogP contribution in [0.2, 0.25) is 0 Å². The van der Waals surface area contributed by atoms with Crippen molar-refractivity contribution in [2.75, 3.05) is 5.01 Å². The smallest absolute Gasteiger partial charge is 0.247 e. The summed E-state index contributed by atoms with van der Waals surface area (Å²) in [5.41, 5.74) is 1.13. The Bertz CT molecular complexity index is 713. The lowest BCUT2D eigenvalue weighted by Gasteiger charge is -2.20. The molecular formula is C15H11F2N3O. The third-order valence-corrected chi connectivity index (χ3v) is 3.16. The van der Waals surface area contributed by atoms with E-state index in [9.17, 15) is 13.6 Å². The van der Waals surface area contributed by atoms with E-state index in [4.69, 9.17) is 0 Å². The summed E-state index contributed by atoms with van der Waals surface area (Å²) in [4.78, 5) is 15.2. The van der Waals surface area contributed by atoms with Gasteiger partial charge in [0.15, 0.2) is 0 Å². The molecule has 1 aliphatic heterocycles. The zero-order valence-electron chi connectivity index (χ0n) is 11.0. The first-order valence-electron chi connectivity index (χ1n) is 6.42. The van der Waals surface area contributed by atoms with Crippen molar-refractivity contribution < 1.29 is 13.6 Å². The molecule has 0 bridgehead atoms. The molecule has 0 spiro atoms. The van der Waals surface area contributed by atoms with Gasteiger partial charge < -0.3 is 0 Å². The average Bonchev–Trinajstić information content (AvgIpc) is 2.49. The zero-order valence-corrected chi connectivity index (χ0v) is 11.0. The number of carbonyl (C=O) groups excluding carboxylic acids is 1. The molecule has 1 aromatic carbocycles. The molecule has 0 aliphatic carbocycles. The van der Waals surface area contributed by atoms with Crippen molar-refractivity contribution in [3.05, 3.63) is 48.3 Å². The molecule has 2 aromatic rings. The molecule has 0 saturated heterocycles. The van der Waals surface area contributed by atoms with Gasteiger partial charge >= 0.3 is 0 Å². The number of hydrazone groups is 1. The van der Waals surface area contributed by atoms with Gasteiger partial charge in [0.25, 0.3) is 0 Å². The Morgan fingerprint density at radius 2 is 2.00 bits per heavy atom. The minimum absolute atomic E-state index is 0.173. The topological polar surface area (TPSA) is 45.6 Å². The summed E-state index contributed by atoms with van der Waals surface area (Å²) in [7, 11) is 0. The zero-order chi connectivity index (χ0) is 14.8. The molecule has 21 heavy (non-hydrogen) atoms. The number of carbonyl (C=O) groups is 1. The van der Waals surface area contributed by atoms with Gasteiger partial charge in [0.2, 0.25) is 11.9 Å². The largest absolute Gasteiger partial charge is 0.273 e. The highest BCUT2D eigenvalue weighted by molar-refractivity contribution is 5.97. The van der Waals surface area contributed by atoms with Crippen LogP contribution in [-0.4, -0.2) is 17.1 Å². The Labute approximate surface area is 119 Å². The minimum atomic E-state index is -0.621. The lowest BCUT2D eigenvalue weighted by Crippen LogP contribution is -2.28. The van der Waals surface area contributed by atoms with Gasteiger partial charge in [-0.2, -0.15) is 9.49 Å². The normalized spacial score (nSPS) is 14.6. The monoisotopic (exact) mass is 287 g/mol. The van der Waals surface area contributed by atoms with Crippen molar-refractivity contribution in [3.63, 3.8) is 0 Å². The third-order valence-electron chi connectivity index (χ3n) is 3.16. The number of anilines is 1. The second kappa shape index (κ2) is 5.40. The summed E-state index contributed by atoms with van der Waals surface area (Å²) >= 11 is 0. The Kier molecular flexibility index (Phi) is 3.43. The highest BCUT2D eigenvalue weighted by atomic mass is 19.1. The number of pyridine rings is 1. The van der Waals surface area contributed by atoms with Crippen LogP contribution in [-0.2, 0) is 4.79 Å². The lowest BCUT2D eigenvalue weighted by atomic mass is 10.1. The van der Waals surface area contributed by atoms with Crippen molar-refractivity contribution in [1.29, 1.82) is 0 Å². The maximum Gasteiger partial charge on any atom is 0.247 e. The van der Waals surface area contributed by atoms with E-state index in [-0.39, 0.29) is 5.91 Å². The van der Waals surface area contributed by atoms with Crippen molar-refractivity contribution in [3.8, 4) is 11.1 Å². The second-order valence-corrected chi connectivity index (χ2v) is 4.58. The van der Waals surface area contributed by atoms with E-state index in [1.165, 1.54) is 35.5 Å². The van der Waals surface area contributed by atoms with Crippen LogP contribution < -0.4 is 5.01 Å². The van der Waals surface area contributed by atoms with E-state index in [2.05, 4.69) is 10.1 Å². The third kappa shape index (κ3) is 2.65. The van der Waals surface area contributed by atoms with Crippen LogP contribution in [0.25, 0.3) is 11.1 Å². The number of benzene rings is 1. The lowest BCUT2D eigenvalue weighted by molar-refractivity contribution is -0.118. The van der Waals surface area contributed by atoms with Crippen LogP contribution in [0.15, 0.2) is 41.6 Å². The molecule has 1 amide bonds. The van der Waals surface area contributed by atoms with Gasteiger partial charge in [-0.3, -0.25) is 4.79 Å². The quantitative estimate of drug-likeness (QED) is 0.797. The number of hydrogen-bond acceptors (Lipinski definition) is 3. The molecule has 106 valence electrons. The van der Waals surface area contributed by atoms with E-state index < -0.39 is 11.8 Å². The van der Waals surface area contributed by atoms with Crippen molar-refractivity contribution in [2.24, 2.45) is 5.10 Å². The molecule has 4 nitrogen and oxygen atoms in total. The molecule has 0 unspecified atom stereocenters. The van der Waals surface area contributed by atoms with Gasteiger partial charge in [0.05, 0.1) is 5.69 Å². The first-order chi connectivity index (χ1) is 10.1. The Morgan fingerprint density at radius 3 is 2.67 bits per heavy atom. The van der Waals surface area contributed by atoms with E-state index >= 15 is 0 Å². The minimum Gasteiger partial charge on any atom is -0.273 e. The summed E-state index contributed by atoms with van der Waals surface area (Å²) in [6.07, 6.45) is 3.83. The molecule has 1 aromatic heterocycles. The number of amides is 1. The van der Waals surface area contributed by atoms with E-state index in [0.717, 1.165) is 0 Å². The van der Waals surface area contributed by atoms with Gasteiger partial charge in [0.1, 0.15) is 5.82 Å². The molecule has 0 atom stereocenters. The van der Waals surface area contributed by atoms with E-state index in [1.54, 1.807) is 12.3 Å². The maximum absolute atomic E-state index is 14.2. The summed E-state index contributed by atoms with van der Waals surface area (Å²) < 4.78 is 27.0. The van der Waals surface area contributed by atoms with Gasteiger partial charge in [-0.1, -0.05) is 0 Å². The van der Waals surface area contributed by atoms with Crippen molar-refractivity contribution in [2.45, 2.75) is 12.8 Å². The van der Waals surface area contributed by atoms with Crippen molar-refractivity contribution in [1.82, 2.24) is 4.98 Å². The first-order valence-corrected chi connectivity index (χ1v) is 6.42. The Balaban J connectivity index is 1.96. The molecule has 1 aliphatic rings. The molecule has 0 N–H and O–H groups in total. The van der Waals surface area contributed by atoms with Gasteiger partial charge in [-0.05, 0) is 30.7 Å². The predicted molar refractivity (Wildman–Crippen MR) is 74.8 cm³/mol. The number of rotatable bonds is 2. The number of aromatic nitrogens is 1. The van der Waals surface area contributed by atoms with Crippen LogP contribution in [0.3, 0.4) is 0 Å². The van der Waals surface area contributed by atoms with E-state index in [1.807, 2.05) is 0 Å². The number of nitrogens with zero attached hydrogens (tertiary/aromatic N) is 3. The van der Waals surface area contributed by atoms with Crippen LogP contribution in [0.5, 0.6) is 0 Å². The number of halogens is 2. The van der Waals surface area contributed by atoms with Gasteiger partial charge in [-0.15, -0.1) is 0 Å². The first kappa shape index (κ1) is 13.4. The van der Waals surface area contributed by atoms with Gasteiger partial charge in [0, 0.05) is 36.0 Å². The van der Waals surface area contributed by atoms with Crippen LogP contribution in [0, 0.1) is 11.8 Å². The molecule has 6 heteroatoms. The Hall–Kier alpha value is -2.63. The standard InChI is InChI=1S/C15H11F2N3O/c16-13-8-11(20-15(21)2-1-7-19-20)4-5-12(13)10-3-6-14(17)18-9-10/h3-9H,1-2H2. The van der Waals surface area contributed by atoms with Crippen LogP contribution in [0.1, 0.15) is 12.8 Å². The summed E-state index contributed by atoms with van der Waals surface area (Å²) in [6.45, 7) is 0. The molecular weight excluding hydrogens is 276 g/mol. The second-order valence-electron chi connectivity index (χ2n) is 4.58. The fraction of sp³-hybridized carbons (Fsp3) is 0.133. The molecule has 2 heterocycles. The van der Waals surface area contributed by atoms with E-state index in [0.29, 0.717) is 29.7 Å². The van der Waals surface area contributed by atoms with Crippen molar-refractivity contribution >= 4 is 17.8 Å². The van der Waals surface area contributed by atoms with Gasteiger partial charge in [-0.25, -0.2) is 14.4 Å². The SMILES string of the molecule is O=C1CCC=NN1c1ccc(-c2ccc(F)nc2)c(F)c1. The summed E-state index contributed by atoms with van der Waals surface area (Å²) in [5, 5.41) is 5.15. The molecule has 0 fully saturated rings. The predicted octanol–water partition coefficient (Wildman–Crippen LogP) is 3.14. The highest BCUT2D eigenvalue weighted by Crippen LogP contribution is 2.27. The molecule has 3 rings (SSSR count). The fourth-order valence-corrected chi connectivity index (χ4v) is 2.11. The summed E-state index contributed by atoms with van der Waals surface area (Å²) in [5.74, 6) is -1.31. The molecule has 0 saturated carbocycles. The van der Waals surface area contributed by atoms with Crippen LogP contribution >= 0.6 is 0 Å². The average molecular weight is 287 g/mol. The highest BCUT2D eigenvalue weighted by Gasteiger charge is 2.19. The maximum atomic E-state index is 14.2.